The molecule has 0 unspecified atom stereocenters. The fraction of sp³-hybridized carbons (Fsp3) is 0.268. The number of ether oxygens (including phenoxy) is 3. The number of hydrogen-bond donors (Lipinski definition) is 3. The fourth-order valence-electron chi connectivity index (χ4n) is 5.09. The first-order valence-corrected chi connectivity index (χ1v) is 16.8. The standard InChI is InChI=1S/C21H22O5.C20H22N2O5/c1-13-7-5-8-14(2)18(13)20(23)25-11-17(22)12-26-21(24)19-15(3)9-6-10-16(19)4;1-14(19(24)25)21-18(23)17(12-15-8-4-2-5-9-15)22-20(26)27-13-16-10-6-3-7-11-16/h5-10H,11-12H2,1-4H3;2-11,14,17H,12-13H2,1H3,(H,21,23)(H,22,26)(H,24,25)/t;14-,17-/m.0/s1. The summed E-state index contributed by atoms with van der Waals surface area (Å²) < 4.78 is 15.3. The average molecular weight is 725 g/mol. The lowest BCUT2D eigenvalue weighted by Gasteiger charge is -2.20. The predicted molar refractivity (Wildman–Crippen MR) is 196 cm³/mol. The molecule has 0 saturated carbocycles. The number of hydrogen-bond acceptors (Lipinski definition) is 9. The van der Waals surface area contributed by atoms with Crippen molar-refractivity contribution in [1.29, 1.82) is 0 Å². The monoisotopic (exact) mass is 724 g/mol. The maximum atomic E-state index is 12.4. The molecule has 3 N–H and O–H groups in total. The van der Waals surface area contributed by atoms with E-state index in [1.165, 1.54) is 6.92 Å². The summed E-state index contributed by atoms with van der Waals surface area (Å²) in [6.07, 6.45) is -0.544. The van der Waals surface area contributed by atoms with Gasteiger partial charge in [-0.15, -0.1) is 0 Å². The van der Waals surface area contributed by atoms with E-state index in [-0.39, 0.29) is 13.0 Å². The van der Waals surface area contributed by atoms with E-state index in [1.807, 2.05) is 72.8 Å². The molecule has 0 radical (unpaired) electrons. The quantitative estimate of drug-likeness (QED) is 0.109. The Hall–Kier alpha value is -6.30. The van der Waals surface area contributed by atoms with E-state index >= 15 is 0 Å². The van der Waals surface area contributed by atoms with Gasteiger partial charge in [-0.1, -0.05) is 97.1 Å². The van der Waals surface area contributed by atoms with Crippen LogP contribution >= 0.6 is 0 Å². The number of Topliss-reactive ketones (excluding diaryl/α,β-unsaturated/α-hetero) is 1. The van der Waals surface area contributed by atoms with Crippen LogP contribution in [0, 0.1) is 27.7 Å². The van der Waals surface area contributed by atoms with Crippen molar-refractivity contribution >= 4 is 35.7 Å². The van der Waals surface area contributed by atoms with Gasteiger partial charge in [0.2, 0.25) is 11.7 Å². The van der Waals surface area contributed by atoms with Crippen molar-refractivity contribution in [2.75, 3.05) is 13.2 Å². The van der Waals surface area contributed by atoms with Crippen LogP contribution in [0.2, 0.25) is 0 Å². The summed E-state index contributed by atoms with van der Waals surface area (Å²) in [6.45, 7) is 7.76. The summed E-state index contributed by atoms with van der Waals surface area (Å²) in [5, 5.41) is 13.9. The minimum absolute atomic E-state index is 0.0673. The molecule has 0 saturated heterocycles. The van der Waals surface area contributed by atoms with E-state index in [2.05, 4.69) is 10.6 Å². The van der Waals surface area contributed by atoms with E-state index in [0.717, 1.165) is 33.4 Å². The summed E-state index contributed by atoms with van der Waals surface area (Å²) in [4.78, 5) is 71.7. The van der Waals surface area contributed by atoms with Gasteiger partial charge in [-0.3, -0.25) is 14.4 Å². The molecule has 0 fully saturated rings. The van der Waals surface area contributed by atoms with Crippen LogP contribution in [0.4, 0.5) is 4.79 Å². The second kappa shape index (κ2) is 20.5. The normalized spacial score (nSPS) is 11.4. The second-order valence-electron chi connectivity index (χ2n) is 12.2. The van der Waals surface area contributed by atoms with Crippen molar-refractivity contribution in [2.45, 2.75) is 59.7 Å². The first-order valence-electron chi connectivity index (χ1n) is 16.8. The third kappa shape index (κ3) is 13.4. The Morgan fingerprint density at radius 3 is 1.45 bits per heavy atom. The summed E-state index contributed by atoms with van der Waals surface area (Å²) in [6, 6.07) is 27.1. The van der Waals surface area contributed by atoms with Crippen LogP contribution in [0.25, 0.3) is 0 Å². The van der Waals surface area contributed by atoms with Gasteiger partial charge in [0, 0.05) is 6.42 Å². The highest BCUT2D eigenvalue weighted by atomic mass is 16.6. The van der Waals surface area contributed by atoms with Crippen molar-refractivity contribution < 1.29 is 48.1 Å². The van der Waals surface area contributed by atoms with E-state index in [0.29, 0.717) is 11.1 Å². The van der Waals surface area contributed by atoms with Gasteiger partial charge in [-0.25, -0.2) is 14.4 Å². The number of carboxylic acid groups (broad SMARTS) is 1. The third-order valence-corrected chi connectivity index (χ3v) is 7.93. The first kappa shape index (κ1) is 41.1. The molecular weight excluding hydrogens is 680 g/mol. The summed E-state index contributed by atoms with van der Waals surface area (Å²) in [5.41, 5.74) is 5.67. The summed E-state index contributed by atoms with van der Waals surface area (Å²) in [5.74, 6) is -3.35. The average Bonchev–Trinajstić information content (AvgIpc) is 3.13. The molecule has 0 aromatic heterocycles. The van der Waals surface area contributed by atoms with Crippen molar-refractivity contribution in [3.63, 3.8) is 0 Å². The zero-order chi connectivity index (χ0) is 38.9. The minimum atomic E-state index is -1.16. The van der Waals surface area contributed by atoms with Crippen molar-refractivity contribution in [2.24, 2.45) is 0 Å². The molecule has 12 heteroatoms. The van der Waals surface area contributed by atoms with Crippen molar-refractivity contribution in [3.05, 3.63) is 142 Å². The van der Waals surface area contributed by atoms with Crippen LogP contribution in [-0.2, 0) is 41.6 Å². The predicted octanol–water partition coefficient (Wildman–Crippen LogP) is 5.62. The molecule has 2 atom stereocenters. The topological polar surface area (TPSA) is 174 Å². The van der Waals surface area contributed by atoms with E-state index < -0.39 is 61.0 Å². The van der Waals surface area contributed by atoms with E-state index in [1.54, 1.807) is 52.0 Å². The molecule has 4 aromatic carbocycles. The molecule has 12 nitrogen and oxygen atoms in total. The molecular formula is C41H44N2O10. The molecule has 0 aliphatic carbocycles. The van der Waals surface area contributed by atoms with Crippen LogP contribution in [-0.4, -0.2) is 66.1 Å². The number of esters is 2. The zero-order valence-electron chi connectivity index (χ0n) is 30.3. The smallest absolute Gasteiger partial charge is 0.408 e. The number of alkyl carbamates (subject to hydrolysis) is 1. The van der Waals surface area contributed by atoms with Gasteiger partial charge in [0.15, 0.2) is 13.2 Å². The molecule has 4 aromatic rings. The third-order valence-electron chi connectivity index (χ3n) is 7.93. The Morgan fingerprint density at radius 1 is 0.585 bits per heavy atom. The van der Waals surface area contributed by atoms with Gasteiger partial charge in [0.25, 0.3) is 0 Å². The summed E-state index contributed by atoms with van der Waals surface area (Å²) in [7, 11) is 0. The van der Waals surface area contributed by atoms with Gasteiger partial charge in [0.05, 0.1) is 11.1 Å². The van der Waals surface area contributed by atoms with E-state index in [4.69, 9.17) is 19.3 Å². The number of benzene rings is 4. The largest absolute Gasteiger partial charge is 0.480 e. The maximum Gasteiger partial charge on any atom is 0.408 e. The van der Waals surface area contributed by atoms with Crippen LogP contribution < -0.4 is 10.6 Å². The molecule has 278 valence electrons. The zero-order valence-corrected chi connectivity index (χ0v) is 30.3. The lowest BCUT2D eigenvalue weighted by Crippen LogP contribution is -2.51. The Labute approximate surface area is 308 Å². The van der Waals surface area contributed by atoms with Gasteiger partial charge in [-0.05, 0) is 68.0 Å². The van der Waals surface area contributed by atoms with E-state index in [9.17, 15) is 28.8 Å². The maximum absolute atomic E-state index is 12.4. The number of rotatable bonds is 14. The highest BCUT2D eigenvalue weighted by molar-refractivity contribution is 5.96. The molecule has 0 aliphatic rings. The number of amides is 2. The molecule has 2 amide bonds. The fourth-order valence-corrected chi connectivity index (χ4v) is 5.09. The van der Waals surface area contributed by atoms with Crippen LogP contribution in [0.3, 0.4) is 0 Å². The highest BCUT2D eigenvalue weighted by Gasteiger charge is 2.25. The number of aryl methyl sites for hydroxylation is 4. The van der Waals surface area contributed by atoms with Gasteiger partial charge >= 0.3 is 24.0 Å². The van der Waals surface area contributed by atoms with Gasteiger partial charge < -0.3 is 30.0 Å². The Kier molecular flexibility index (Phi) is 15.9. The Balaban J connectivity index is 0.000000286. The SMILES string of the molecule is C[C@H](NC(=O)[C@H](Cc1ccccc1)NC(=O)OCc1ccccc1)C(=O)O.Cc1cccc(C)c1C(=O)OCC(=O)COC(=O)c1c(C)cccc1C. The second-order valence-corrected chi connectivity index (χ2v) is 12.2. The number of nitrogens with one attached hydrogen (secondary N) is 2. The molecule has 4 rings (SSSR count). The molecule has 0 heterocycles. The van der Waals surface area contributed by atoms with Gasteiger partial charge in [-0.2, -0.15) is 0 Å². The summed E-state index contributed by atoms with van der Waals surface area (Å²) >= 11 is 0. The Morgan fingerprint density at radius 2 is 1.02 bits per heavy atom. The Bertz CT molecular complexity index is 1780. The number of carbonyl (C=O) groups excluding carboxylic acids is 5. The van der Waals surface area contributed by atoms with Crippen LogP contribution in [0.5, 0.6) is 0 Å². The van der Waals surface area contributed by atoms with Crippen molar-refractivity contribution in [3.8, 4) is 0 Å². The van der Waals surface area contributed by atoms with Crippen LogP contribution in [0.1, 0.15) is 61.0 Å². The number of aliphatic carboxylic acids is 1. The lowest BCUT2D eigenvalue weighted by molar-refractivity contribution is -0.141. The van der Waals surface area contributed by atoms with Gasteiger partial charge in [0.1, 0.15) is 18.7 Å². The highest BCUT2D eigenvalue weighted by Crippen LogP contribution is 2.16. The lowest BCUT2D eigenvalue weighted by atomic mass is 10.0. The van der Waals surface area contributed by atoms with Crippen LogP contribution in [0.15, 0.2) is 97.1 Å². The first-order chi connectivity index (χ1) is 25.3. The molecule has 53 heavy (non-hydrogen) atoms. The number of carbonyl (C=O) groups is 6. The number of ketones is 1. The minimum Gasteiger partial charge on any atom is -0.480 e. The number of carboxylic acids is 1. The van der Waals surface area contributed by atoms with Crippen molar-refractivity contribution in [1.82, 2.24) is 10.6 Å². The molecule has 0 aliphatic heterocycles. The molecule has 0 spiro atoms. The molecule has 0 bridgehead atoms.